The summed E-state index contributed by atoms with van der Waals surface area (Å²) >= 11 is 0. The Balaban J connectivity index is 0.00000243. The van der Waals surface area contributed by atoms with E-state index in [0.717, 1.165) is 12.2 Å². The number of carbonyl (C=O) groups is 2. The average molecular weight is 383 g/mol. The molecule has 26 heavy (non-hydrogen) atoms. The molecule has 0 aliphatic carbocycles. The van der Waals surface area contributed by atoms with Gasteiger partial charge in [0.1, 0.15) is 0 Å². The first-order valence-electron chi connectivity index (χ1n) is 8.91. The van der Waals surface area contributed by atoms with Gasteiger partial charge in [0.2, 0.25) is 5.91 Å². The van der Waals surface area contributed by atoms with E-state index in [2.05, 4.69) is 16.0 Å². The number of hydrogen-bond donors (Lipinski definition) is 4. The van der Waals surface area contributed by atoms with Gasteiger partial charge >= 0.3 is 6.03 Å². The number of β-amino-alcohol motifs (C(OH)–C–C–N with tert-alkyl or cyclic N) is 1. The summed E-state index contributed by atoms with van der Waals surface area (Å²) in [5, 5.41) is 18.7. The number of amides is 3. The smallest absolute Gasteiger partial charge is 0.321 e. The molecular formula is C18H27ClN4O3. The average Bonchev–Trinajstić information content (AvgIpc) is 3.05. The van der Waals surface area contributed by atoms with Crippen LogP contribution in [0.15, 0.2) is 30.3 Å². The summed E-state index contributed by atoms with van der Waals surface area (Å²) in [5.41, 5.74) is 0.774. The second kappa shape index (κ2) is 9.75. The van der Waals surface area contributed by atoms with E-state index in [0.29, 0.717) is 39.0 Å². The van der Waals surface area contributed by atoms with Crippen LogP contribution in [0.3, 0.4) is 0 Å². The molecule has 0 aromatic heterocycles. The number of hydrogen-bond acceptors (Lipinski definition) is 4. The zero-order chi connectivity index (χ0) is 17.6. The second-order valence-electron chi connectivity index (χ2n) is 6.79. The van der Waals surface area contributed by atoms with Gasteiger partial charge in [0.25, 0.3) is 0 Å². The number of likely N-dealkylation sites (tertiary alicyclic amines) is 1. The highest BCUT2D eigenvalue weighted by molar-refractivity contribution is 5.89. The highest BCUT2D eigenvalue weighted by atomic mass is 35.5. The van der Waals surface area contributed by atoms with Gasteiger partial charge < -0.3 is 26.0 Å². The molecule has 1 aromatic rings. The predicted molar refractivity (Wildman–Crippen MR) is 102 cm³/mol. The maximum absolute atomic E-state index is 12.3. The lowest BCUT2D eigenvalue weighted by Gasteiger charge is -2.31. The van der Waals surface area contributed by atoms with Crippen LogP contribution in [0.25, 0.3) is 0 Å². The third-order valence-corrected chi connectivity index (χ3v) is 5.02. The summed E-state index contributed by atoms with van der Waals surface area (Å²) in [5.74, 6) is 0.0511. The van der Waals surface area contributed by atoms with Crippen molar-refractivity contribution < 1.29 is 14.7 Å². The van der Waals surface area contributed by atoms with Crippen molar-refractivity contribution in [2.24, 2.45) is 11.8 Å². The SMILES string of the molecule is Cl.O=C(NCC1CNCC1O)C1CCN(C(=O)Nc2ccccc2)CC1. The second-order valence-corrected chi connectivity index (χ2v) is 6.79. The molecule has 2 unspecified atom stereocenters. The molecule has 2 heterocycles. The Morgan fingerprint density at radius 1 is 1.15 bits per heavy atom. The first-order chi connectivity index (χ1) is 12.1. The number of aliphatic hydroxyl groups excluding tert-OH is 1. The summed E-state index contributed by atoms with van der Waals surface area (Å²) in [7, 11) is 0. The summed E-state index contributed by atoms with van der Waals surface area (Å²) in [6.07, 6.45) is 0.947. The maximum atomic E-state index is 12.3. The van der Waals surface area contributed by atoms with Crippen molar-refractivity contribution in [1.82, 2.24) is 15.5 Å². The van der Waals surface area contributed by atoms with Crippen LogP contribution in [0.5, 0.6) is 0 Å². The van der Waals surface area contributed by atoms with Crippen molar-refractivity contribution in [3.63, 3.8) is 0 Å². The number of piperidine rings is 1. The third kappa shape index (κ3) is 5.33. The lowest BCUT2D eigenvalue weighted by atomic mass is 9.95. The maximum Gasteiger partial charge on any atom is 0.321 e. The minimum Gasteiger partial charge on any atom is -0.391 e. The molecule has 3 amide bonds. The van der Waals surface area contributed by atoms with Crippen molar-refractivity contribution >= 4 is 30.0 Å². The summed E-state index contributed by atoms with van der Waals surface area (Å²) < 4.78 is 0. The number of halogens is 1. The van der Waals surface area contributed by atoms with Crippen LogP contribution in [0.4, 0.5) is 10.5 Å². The number of rotatable bonds is 4. The van der Waals surface area contributed by atoms with E-state index in [-0.39, 0.29) is 42.3 Å². The number of aliphatic hydroxyl groups is 1. The molecule has 2 aliphatic rings. The first-order valence-corrected chi connectivity index (χ1v) is 8.91. The van der Waals surface area contributed by atoms with E-state index < -0.39 is 0 Å². The molecule has 4 N–H and O–H groups in total. The summed E-state index contributed by atoms with van der Waals surface area (Å²) in [4.78, 5) is 26.3. The Hall–Kier alpha value is -1.83. The molecule has 1 aromatic carbocycles. The molecule has 8 heteroatoms. The predicted octanol–water partition coefficient (Wildman–Crippen LogP) is 1.05. The largest absolute Gasteiger partial charge is 0.391 e. The summed E-state index contributed by atoms with van der Waals surface area (Å²) in [6, 6.07) is 9.24. The van der Waals surface area contributed by atoms with Crippen LogP contribution in [0.2, 0.25) is 0 Å². The standard InChI is InChI=1S/C18H26N4O3.ClH/c23-16-12-19-10-14(16)11-20-17(24)13-6-8-22(9-7-13)18(25)21-15-4-2-1-3-5-15;/h1-5,13-14,16,19,23H,6-12H2,(H,20,24)(H,21,25);1H. The monoisotopic (exact) mass is 382 g/mol. The quantitative estimate of drug-likeness (QED) is 0.626. The van der Waals surface area contributed by atoms with Crippen LogP contribution >= 0.6 is 12.4 Å². The van der Waals surface area contributed by atoms with Crippen LogP contribution in [-0.2, 0) is 4.79 Å². The Labute approximate surface area is 159 Å². The van der Waals surface area contributed by atoms with E-state index in [4.69, 9.17) is 0 Å². The number of nitrogens with zero attached hydrogens (tertiary/aromatic N) is 1. The van der Waals surface area contributed by atoms with Gasteiger partial charge in [0.15, 0.2) is 0 Å². The third-order valence-electron chi connectivity index (χ3n) is 5.02. The fraction of sp³-hybridized carbons (Fsp3) is 0.556. The number of nitrogens with one attached hydrogen (secondary N) is 3. The van der Waals surface area contributed by atoms with Crippen molar-refractivity contribution in [3.8, 4) is 0 Å². The normalized spacial score (nSPS) is 23.2. The van der Waals surface area contributed by atoms with E-state index in [1.54, 1.807) is 4.90 Å². The molecule has 2 atom stereocenters. The van der Waals surface area contributed by atoms with Gasteiger partial charge in [-0.1, -0.05) is 18.2 Å². The molecule has 2 fully saturated rings. The number of para-hydroxylation sites is 1. The molecule has 2 saturated heterocycles. The Morgan fingerprint density at radius 2 is 1.85 bits per heavy atom. The van der Waals surface area contributed by atoms with Gasteiger partial charge in [-0.25, -0.2) is 4.79 Å². The van der Waals surface area contributed by atoms with E-state index in [9.17, 15) is 14.7 Å². The number of anilines is 1. The molecule has 0 radical (unpaired) electrons. The number of benzene rings is 1. The van der Waals surface area contributed by atoms with Crippen molar-refractivity contribution in [1.29, 1.82) is 0 Å². The number of carbonyl (C=O) groups excluding carboxylic acids is 2. The van der Waals surface area contributed by atoms with Crippen molar-refractivity contribution in [2.45, 2.75) is 18.9 Å². The van der Waals surface area contributed by atoms with E-state index in [1.807, 2.05) is 30.3 Å². The lowest BCUT2D eigenvalue weighted by Crippen LogP contribution is -2.45. The number of urea groups is 1. The van der Waals surface area contributed by atoms with Crippen LogP contribution in [0.1, 0.15) is 12.8 Å². The Kier molecular flexibility index (Phi) is 7.68. The van der Waals surface area contributed by atoms with Crippen LogP contribution in [-0.4, -0.2) is 60.8 Å². The van der Waals surface area contributed by atoms with Crippen LogP contribution in [0, 0.1) is 11.8 Å². The van der Waals surface area contributed by atoms with Gasteiger partial charge in [0.05, 0.1) is 6.10 Å². The highest BCUT2D eigenvalue weighted by Gasteiger charge is 2.29. The lowest BCUT2D eigenvalue weighted by molar-refractivity contribution is -0.126. The topological polar surface area (TPSA) is 93.7 Å². The first kappa shape index (κ1) is 20.5. The fourth-order valence-electron chi connectivity index (χ4n) is 3.37. The highest BCUT2D eigenvalue weighted by Crippen LogP contribution is 2.19. The fourth-order valence-corrected chi connectivity index (χ4v) is 3.37. The Bertz CT molecular complexity index is 593. The van der Waals surface area contributed by atoms with E-state index >= 15 is 0 Å². The minimum atomic E-state index is -0.385. The molecule has 144 valence electrons. The van der Waals surface area contributed by atoms with Gasteiger partial charge in [-0.3, -0.25) is 4.79 Å². The van der Waals surface area contributed by atoms with Crippen LogP contribution < -0.4 is 16.0 Å². The van der Waals surface area contributed by atoms with Gasteiger partial charge in [0, 0.05) is 50.2 Å². The Morgan fingerprint density at radius 3 is 2.46 bits per heavy atom. The molecular weight excluding hydrogens is 356 g/mol. The van der Waals surface area contributed by atoms with Gasteiger partial charge in [-0.2, -0.15) is 0 Å². The van der Waals surface area contributed by atoms with Crippen molar-refractivity contribution in [3.05, 3.63) is 30.3 Å². The minimum absolute atomic E-state index is 0. The molecule has 2 aliphatic heterocycles. The molecule has 0 bridgehead atoms. The zero-order valence-corrected chi connectivity index (χ0v) is 15.5. The van der Waals surface area contributed by atoms with Gasteiger partial charge in [-0.15, -0.1) is 12.4 Å². The molecule has 7 nitrogen and oxygen atoms in total. The molecule has 3 rings (SSSR count). The van der Waals surface area contributed by atoms with E-state index in [1.165, 1.54) is 0 Å². The summed E-state index contributed by atoms with van der Waals surface area (Å²) in [6.45, 7) is 2.98. The zero-order valence-electron chi connectivity index (χ0n) is 14.7. The molecule has 0 spiro atoms. The molecule has 0 saturated carbocycles. The van der Waals surface area contributed by atoms with Crippen molar-refractivity contribution in [2.75, 3.05) is 38.0 Å². The van der Waals surface area contributed by atoms with Gasteiger partial charge in [-0.05, 0) is 25.0 Å².